The topological polar surface area (TPSA) is 43.8 Å². The highest BCUT2D eigenvalue weighted by Crippen LogP contribution is 2.37. The van der Waals surface area contributed by atoms with Gasteiger partial charge in [0.25, 0.3) is 5.92 Å². The summed E-state index contributed by atoms with van der Waals surface area (Å²) in [5, 5.41) is 4.29. The quantitative estimate of drug-likeness (QED) is 0.743. The molecule has 3 nitrogen and oxygen atoms in total. The molecule has 0 saturated carbocycles. The van der Waals surface area contributed by atoms with Crippen LogP contribution in [0.25, 0.3) is 16.9 Å². The molecule has 0 aliphatic carbocycles. The largest absolute Gasteiger partial charge is 0.382 e. The van der Waals surface area contributed by atoms with Gasteiger partial charge in [0.1, 0.15) is 5.82 Å². The van der Waals surface area contributed by atoms with E-state index in [0.717, 1.165) is 5.69 Å². The minimum Gasteiger partial charge on any atom is -0.382 e. The van der Waals surface area contributed by atoms with E-state index in [1.54, 1.807) is 22.9 Å². The summed E-state index contributed by atoms with van der Waals surface area (Å²) in [7, 11) is 0. The summed E-state index contributed by atoms with van der Waals surface area (Å²) in [6.07, 6.45) is 0. The van der Waals surface area contributed by atoms with Crippen molar-refractivity contribution in [1.29, 1.82) is 0 Å². The van der Waals surface area contributed by atoms with Crippen molar-refractivity contribution in [2.75, 3.05) is 5.73 Å². The Kier molecular flexibility index (Phi) is 4.09. The van der Waals surface area contributed by atoms with Crippen LogP contribution in [0.3, 0.4) is 0 Å². The number of alkyl halides is 2. The van der Waals surface area contributed by atoms with Crippen LogP contribution in [-0.2, 0) is 5.92 Å². The molecule has 5 heteroatoms. The van der Waals surface area contributed by atoms with Gasteiger partial charge < -0.3 is 5.73 Å². The minimum absolute atomic E-state index is 0.00520. The lowest BCUT2D eigenvalue weighted by molar-refractivity contribution is -0.0513. The lowest BCUT2D eigenvalue weighted by Crippen LogP contribution is -2.20. The van der Waals surface area contributed by atoms with E-state index in [1.807, 2.05) is 30.3 Å². The Balaban J connectivity index is 2.11. The highest BCUT2D eigenvalue weighted by atomic mass is 19.3. The third-order valence-electron chi connectivity index (χ3n) is 4.00. The minimum atomic E-state index is -2.89. The highest BCUT2D eigenvalue weighted by Gasteiger charge is 2.35. The molecule has 0 spiro atoms. The van der Waals surface area contributed by atoms with Crippen LogP contribution in [0.2, 0.25) is 0 Å². The second-order valence-electron chi connectivity index (χ2n) is 6.06. The molecule has 0 bridgehead atoms. The zero-order valence-electron chi connectivity index (χ0n) is 13.6. The average molecular weight is 327 g/mol. The van der Waals surface area contributed by atoms with Crippen LogP contribution < -0.4 is 5.73 Å². The van der Waals surface area contributed by atoms with Crippen molar-refractivity contribution in [2.45, 2.75) is 19.8 Å². The molecule has 0 unspecified atom stereocenters. The summed E-state index contributed by atoms with van der Waals surface area (Å²) in [6, 6.07) is 17.5. The number of halogens is 2. The number of nitrogens with two attached hydrogens (primary N) is 1. The predicted molar refractivity (Wildman–Crippen MR) is 92.1 cm³/mol. The molecule has 1 aromatic heterocycles. The van der Waals surface area contributed by atoms with E-state index in [-0.39, 0.29) is 5.56 Å². The van der Waals surface area contributed by atoms with Gasteiger partial charge in [-0.25, -0.2) is 13.5 Å². The molecular formula is C19H19F2N3. The van der Waals surface area contributed by atoms with Crippen molar-refractivity contribution in [2.24, 2.45) is 5.92 Å². The molecular weight excluding hydrogens is 308 g/mol. The fourth-order valence-electron chi connectivity index (χ4n) is 2.59. The third kappa shape index (κ3) is 2.89. The summed E-state index contributed by atoms with van der Waals surface area (Å²) in [5.74, 6) is -3.33. The van der Waals surface area contributed by atoms with Gasteiger partial charge in [0.05, 0.1) is 11.4 Å². The van der Waals surface area contributed by atoms with E-state index in [1.165, 1.54) is 26.0 Å². The summed E-state index contributed by atoms with van der Waals surface area (Å²) in [5.41, 5.74) is 8.00. The molecule has 0 radical (unpaired) electrons. The van der Waals surface area contributed by atoms with Crippen molar-refractivity contribution in [1.82, 2.24) is 9.78 Å². The Hall–Kier alpha value is -2.69. The summed E-state index contributed by atoms with van der Waals surface area (Å²) < 4.78 is 30.4. The van der Waals surface area contributed by atoms with Gasteiger partial charge in [-0.3, -0.25) is 0 Å². The lowest BCUT2D eigenvalue weighted by atomic mass is 9.95. The first-order valence-corrected chi connectivity index (χ1v) is 7.79. The van der Waals surface area contributed by atoms with E-state index >= 15 is 0 Å². The first kappa shape index (κ1) is 16.2. The van der Waals surface area contributed by atoms with Crippen LogP contribution in [-0.4, -0.2) is 9.78 Å². The summed E-state index contributed by atoms with van der Waals surface area (Å²) in [6.45, 7) is 3.03. The average Bonchev–Trinajstić information content (AvgIpc) is 2.97. The van der Waals surface area contributed by atoms with Gasteiger partial charge >= 0.3 is 0 Å². The molecule has 0 aliphatic rings. The van der Waals surface area contributed by atoms with Gasteiger partial charge in [0, 0.05) is 23.1 Å². The SMILES string of the molecule is CC(C)C(F)(F)c1cccc(-c2cc(N)nn2-c2ccccc2)c1. The summed E-state index contributed by atoms with van der Waals surface area (Å²) in [4.78, 5) is 0. The van der Waals surface area contributed by atoms with Crippen LogP contribution in [0.4, 0.5) is 14.6 Å². The molecule has 0 amide bonds. The second-order valence-corrected chi connectivity index (χ2v) is 6.06. The number of aromatic nitrogens is 2. The number of nitrogens with zero attached hydrogens (tertiary/aromatic N) is 2. The third-order valence-corrected chi connectivity index (χ3v) is 4.00. The van der Waals surface area contributed by atoms with E-state index in [4.69, 9.17) is 5.73 Å². The molecule has 0 aliphatic heterocycles. The van der Waals surface area contributed by atoms with Crippen molar-refractivity contribution in [3.05, 3.63) is 66.2 Å². The molecule has 3 aromatic rings. The Labute approximate surface area is 139 Å². The fourth-order valence-corrected chi connectivity index (χ4v) is 2.59. The standard InChI is InChI=1S/C19H19F2N3/c1-13(2)19(20,21)15-8-6-7-14(11-15)17-12-18(22)23-24(17)16-9-4-3-5-10-16/h3-13H,1-2H3,(H2,22,23). The Morgan fingerprint density at radius 2 is 1.71 bits per heavy atom. The van der Waals surface area contributed by atoms with Crippen LogP contribution in [0.5, 0.6) is 0 Å². The number of anilines is 1. The Morgan fingerprint density at radius 3 is 2.38 bits per heavy atom. The maximum absolute atomic E-state index is 14.4. The molecule has 2 aromatic carbocycles. The first-order chi connectivity index (χ1) is 11.4. The van der Waals surface area contributed by atoms with Gasteiger partial charge in [-0.15, -0.1) is 0 Å². The fraction of sp³-hybridized carbons (Fsp3) is 0.211. The number of para-hydroxylation sites is 1. The number of benzene rings is 2. The van der Waals surface area contributed by atoms with Crippen molar-refractivity contribution in [3.8, 4) is 16.9 Å². The summed E-state index contributed by atoms with van der Waals surface area (Å²) >= 11 is 0. The van der Waals surface area contributed by atoms with Gasteiger partial charge in [-0.05, 0) is 18.2 Å². The molecule has 124 valence electrons. The predicted octanol–water partition coefficient (Wildman–Crippen LogP) is 4.87. The monoisotopic (exact) mass is 327 g/mol. The first-order valence-electron chi connectivity index (χ1n) is 7.79. The number of rotatable bonds is 4. The zero-order valence-corrected chi connectivity index (χ0v) is 13.6. The molecule has 0 fully saturated rings. The van der Waals surface area contributed by atoms with E-state index in [2.05, 4.69) is 5.10 Å². The molecule has 1 heterocycles. The molecule has 0 saturated heterocycles. The number of nitrogen functional groups attached to an aromatic ring is 1. The molecule has 24 heavy (non-hydrogen) atoms. The van der Waals surface area contributed by atoms with Gasteiger partial charge in [-0.2, -0.15) is 5.10 Å². The van der Waals surface area contributed by atoms with E-state index in [0.29, 0.717) is 17.1 Å². The maximum Gasteiger partial charge on any atom is 0.275 e. The van der Waals surface area contributed by atoms with Crippen LogP contribution in [0.1, 0.15) is 19.4 Å². The van der Waals surface area contributed by atoms with Crippen LogP contribution >= 0.6 is 0 Å². The number of hydrogen-bond donors (Lipinski definition) is 1. The second kappa shape index (κ2) is 6.07. The van der Waals surface area contributed by atoms with Gasteiger partial charge in [0.15, 0.2) is 0 Å². The molecule has 3 rings (SSSR count). The Bertz CT molecular complexity index is 839. The van der Waals surface area contributed by atoms with Gasteiger partial charge in [0.2, 0.25) is 0 Å². The maximum atomic E-state index is 14.4. The number of hydrogen-bond acceptors (Lipinski definition) is 2. The van der Waals surface area contributed by atoms with Crippen molar-refractivity contribution in [3.63, 3.8) is 0 Å². The molecule has 2 N–H and O–H groups in total. The van der Waals surface area contributed by atoms with Crippen molar-refractivity contribution < 1.29 is 8.78 Å². The van der Waals surface area contributed by atoms with E-state index < -0.39 is 11.8 Å². The van der Waals surface area contributed by atoms with Crippen molar-refractivity contribution >= 4 is 5.82 Å². The Morgan fingerprint density at radius 1 is 1.00 bits per heavy atom. The van der Waals surface area contributed by atoms with E-state index in [9.17, 15) is 8.78 Å². The lowest BCUT2D eigenvalue weighted by Gasteiger charge is -2.21. The zero-order chi connectivity index (χ0) is 17.3. The highest BCUT2D eigenvalue weighted by molar-refractivity contribution is 5.66. The molecule has 0 atom stereocenters. The van der Waals surface area contributed by atoms with Crippen LogP contribution in [0.15, 0.2) is 60.7 Å². The van der Waals surface area contributed by atoms with Crippen LogP contribution in [0, 0.1) is 5.92 Å². The normalized spacial score (nSPS) is 11.9. The van der Waals surface area contributed by atoms with Gasteiger partial charge in [-0.1, -0.05) is 50.2 Å². The smallest absolute Gasteiger partial charge is 0.275 e.